The van der Waals surface area contributed by atoms with Gasteiger partial charge < -0.3 is 15.0 Å². The number of hydrogen-bond donors (Lipinski definition) is 1. The SMILES string of the molecule is COCCCNCC(C)N1CCN(c2ccccc2)CC1. The average Bonchev–Trinajstić information content (AvgIpc) is 2.55. The van der Waals surface area contributed by atoms with Gasteiger partial charge in [-0.2, -0.15) is 0 Å². The van der Waals surface area contributed by atoms with Gasteiger partial charge in [-0.3, -0.25) is 4.90 Å². The van der Waals surface area contributed by atoms with Crippen molar-refractivity contribution in [3.63, 3.8) is 0 Å². The van der Waals surface area contributed by atoms with Crippen LogP contribution in [0.5, 0.6) is 0 Å². The van der Waals surface area contributed by atoms with Gasteiger partial charge in [0.15, 0.2) is 0 Å². The fraction of sp³-hybridized carbons (Fsp3) is 0.647. The van der Waals surface area contributed by atoms with Crippen LogP contribution in [0.25, 0.3) is 0 Å². The summed E-state index contributed by atoms with van der Waals surface area (Å²) in [4.78, 5) is 5.07. The van der Waals surface area contributed by atoms with E-state index in [0.29, 0.717) is 6.04 Å². The van der Waals surface area contributed by atoms with Gasteiger partial charge in [0.1, 0.15) is 0 Å². The normalized spacial score (nSPS) is 17.9. The van der Waals surface area contributed by atoms with Gasteiger partial charge in [0.25, 0.3) is 0 Å². The van der Waals surface area contributed by atoms with Gasteiger partial charge in [-0.05, 0) is 32.0 Å². The Morgan fingerprint density at radius 2 is 1.86 bits per heavy atom. The Morgan fingerprint density at radius 1 is 1.14 bits per heavy atom. The Kier molecular flexibility index (Phi) is 7.00. The third kappa shape index (κ3) is 5.30. The van der Waals surface area contributed by atoms with Crippen LogP contribution in [-0.4, -0.2) is 63.9 Å². The van der Waals surface area contributed by atoms with Crippen LogP contribution in [0.3, 0.4) is 0 Å². The van der Waals surface area contributed by atoms with Crippen LogP contribution in [-0.2, 0) is 4.74 Å². The summed E-state index contributed by atoms with van der Waals surface area (Å²) >= 11 is 0. The quantitative estimate of drug-likeness (QED) is 0.740. The zero-order chi connectivity index (χ0) is 14.9. The molecule has 1 unspecified atom stereocenters. The second-order valence-electron chi connectivity index (χ2n) is 5.76. The van der Waals surface area contributed by atoms with Gasteiger partial charge in [0.05, 0.1) is 0 Å². The van der Waals surface area contributed by atoms with E-state index in [4.69, 9.17) is 4.74 Å². The topological polar surface area (TPSA) is 27.7 Å². The van der Waals surface area contributed by atoms with Crippen molar-refractivity contribution in [3.8, 4) is 0 Å². The van der Waals surface area contributed by atoms with E-state index >= 15 is 0 Å². The molecule has 0 aliphatic carbocycles. The lowest BCUT2D eigenvalue weighted by atomic mass is 10.2. The molecule has 1 atom stereocenters. The summed E-state index contributed by atoms with van der Waals surface area (Å²) in [5.41, 5.74) is 1.35. The van der Waals surface area contributed by atoms with Crippen molar-refractivity contribution in [2.45, 2.75) is 19.4 Å². The minimum absolute atomic E-state index is 0.602. The fourth-order valence-electron chi connectivity index (χ4n) is 2.84. The van der Waals surface area contributed by atoms with Gasteiger partial charge in [-0.1, -0.05) is 18.2 Å². The second kappa shape index (κ2) is 9.03. The van der Waals surface area contributed by atoms with E-state index in [2.05, 4.69) is 52.4 Å². The van der Waals surface area contributed by atoms with E-state index in [1.807, 2.05) is 0 Å². The Bertz CT molecular complexity index is 377. The van der Waals surface area contributed by atoms with Crippen molar-refractivity contribution in [1.82, 2.24) is 10.2 Å². The molecule has 21 heavy (non-hydrogen) atoms. The van der Waals surface area contributed by atoms with Gasteiger partial charge in [0.2, 0.25) is 0 Å². The minimum Gasteiger partial charge on any atom is -0.385 e. The summed E-state index contributed by atoms with van der Waals surface area (Å²) in [6, 6.07) is 11.3. The zero-order valence-corrected chi connectivity index (χ0v) is 13.4. The number of methoxy groups -OCH3 is 1. The third-order valence-corrected chi connectivity index (χ3v) is 4.20. The Labute approximate surface area is 129 Å². The molecule has 118 valence electrons. The molecular formula is C17H29N3O. The molecule has 2 rings (SSSR count). The minimum atomic E-state index is 0.602. The number of nitrogens with zero attached hydrogens (tertiary/aromatic N) is 2. The van der Waals surface area contributed by atoms with E-state index in [1.165, 1.54) is 5.69 Å². The van der Waals surface area contributed by atoms with Crippen molar-refractivity contribution in [1.29, 1.82) is 0 Å². The van der Waals surface area contributed by atoms with Gasteiger partial charge >= 0.3 is 0 Å². The molecule has 0 saturated carbocycles. The number of hydrogen-bond acceptors (Lipinski definition) is 4. The number of ether oxygens (including phenoxy) is 1. The first-order chi connectivity index (χ1) is 10.3. The van der Waals surface area contributed by atoms with Gasteiger partial charge in [-0.15, -0.1) is 0 Å². The molecular weight excluding hydrogens is 262 g/mol. The third-order valence-electron chi connectivity index (χ3n) is 4.20. The molecule has 1 aliphatic rings. The average molecular weight is 291 g/mol. The van der Waals surface area contributed by atoms with Crippen LogP contribution in [0.2, 0.25) is 0 Å². The smallest absolute Gasteiger partial charge is 0.0474 e. The van der Waals surface area contributed by atoms with E-state index < -0.39 is 0 Å². The molecule has 0 bridgehead atoms. The van der Waals surface area contributed by atoms with Crippen LogP contribution >= 0.6 is 0 Å². The lowest BCUT2D eigenvalue weighted by Crippen LogP contribution is -2.52. The largest absolute Gasteiger partial charge is 0.385 e. The lowest BCUT2D eigenvalue weighted by molar-refractivity contribution is 0.182. The van der Waals surface area contributed by atoms with E-state index in [9.17, 15) is 0 Å². The second-order valence-corrected chi connectivity index (χ2v) is 5.76. The zero-order valence-electron chi connectivity index (χ0n) is 13.4. The number of para-hydroxylation sites is 1. The highest BCUT2D eigenvalue weighted by molar-refractivity contribution is 5.46. The number of rotatable bonds is 8. The van der Waals surface area contributed by atoms with Gasteiger partial charge in [-0.25, -0.2) is 0 Å². The predicted octanol–water partition coefficient (Wildman–Crippen LogP) is 1.82. The Balaban J connectivity index is 1.66. The molecule has 0 aromatic heterocycles. The van der Waals surface area contributed by atoms with Crippen LogP contribution < -0.4 is 10.2 Å². The number of anilines is 1. The van der Waals surface area contributed by atoms with Crippen molar-refractivity contribution >= 4 is 5.69 Å². The molecule has 4 heteroatoms. The molecule has 1 aromatic carbocycles. The van der Waals surface area contributed by atoms with Crippen LogP contribution in [0, 0.1) is 0 Å². The van der Waals surface area contributed by atoms with Crippen LogP contribution in [0.1, 0.15) is 13.3 Å². The molecule has 0 spiro atoms. The summed E-state index contributed by atoms with van der Waals surface area (Å²) in [7, 11) is 1.76. The van der Waals surface area contributed by atoms with Crippen molar-refractivity contribution in [3.05, 3.63) is 30.3 Å². The summed E-state index contributed by atoms with van der Waals surface area (Å²) < 4.78 is 5.06. The highest BCUT2D eigenvalue weighted by Gasteiger charge is 2.20. The molecule has 1 saturated heterocycles. The van der Waals surface area contributed by atoms with Crippen molar-refractivity contribution < 1.29 is 4.74 Å². The molecule has 1 heterocycles. The first kappa shape index (κ1) is 16.3. The Hall–Kier alpha value is -1.10. The molecule has 1 aliphatic heterocycles. The van der Waals surface area contributed by atoms with Crippen molar-refractivity contribution in [2.24, 2.45) is 0 Å². The molecule has 1 N–H and O–H groups in total. The number of benzene rings is 1. The Morgan fingerprint density at radius 3 is 2.52 bits per heavy atom. The maximum Gasteiger partial charge on any atom is 0.0474 e. The highest BCUT2D eigenvalue weighted by atomic mass is 16.5. The van der Waals surface area contributed by atoms with E-state index in [0.717, 1.165) is 52.3 Å². The van der Waals surface area contributed by atoms with E-state index in [1.54, 1.807) is 7.11 Å². The summed E-state index contributed by atoms with van der Waals surface area (Å²) in [6.07, 6.45) is 1.09. The van der Waals surface area contributed by atoms with E-state index in [-0.39, 0.29) is 0 Å². The van der Waals surface area contributed by atoms with Crippen LogP contribution in [0.4, 0.5) is 5.69 Å². The molecule has 4 nitrogen and oxygen atoms in total. The lowest BCUT2D eigenvalue weighted by Gasteiger charge is -2.39. The van der Waals surface area contributed by atoms with Crippen LogP contribution in [0.15, 0.2) is 30.3 Å². The van der Waals surface area contributed by atoms with Crippen molar-refractivity contribution in [2.75, 3.05) is 57.9 Å². The summed E-state index contributed by atoms with van der Waals surface area (Å²) in [5, 5.41) is 3.52. The predicted molar refractivity (Wildman–Crippen MR) is 89.1 cm³/mol. The highest BCUT2D eigenvalue weighted by Crippen LogP contribution is 2.16. The maximum absolute atomic E-state index is 5.06. The molecule has 0 radical (unpaired) electrons. The maximum atomic E-state index is 5.06. The monoisotopic (exact) mass is 291 g/mol. The molecule has 0 amide bonds. The van der Waals surface area contributed by atoms with Gasteiger partial charge in [0, 0.05) is 58.2 Å². The molecule has 1 fully saturated rings. The standard InChI is InChI=1S/C17H29N3O/c1-16(15-18-9-6-14-21-2)19-10-12-20(13-11-19)17-7-4-3-5-8-17/h3-5,7-8,16,18H,6,9-15H2,1-2H3. The summed E-state index contributed by atoms with van der Waals surface area (Å²) in [5.74, 6) is 0. The number of piperazine rings is 1. The first-order valence-corrected chi connectivity index (χ1v) is 8.05. The number of nitrogens with one attached hydrogen (secondary N) is 1. The summed E-state index contributed by atoms with van der Waals surface area (Å²) in [6.45, 7) is 9.82. The first-order valence-electron chi connectivity index (χ1n) is 8.05. The fourth-order valence-corrected chi connectivity index (χ4v) is 2.84. The molecule has 1 aromatic rings.